The van der Waals surface area contributed by atoms with Gasteiger partial charge in [0.05, 0.1) is 0 Å². The van der Waals surface area contributed by atoms with E-state index in [0.717, 1.165) is 16.5 Å². The predicted octanol–water partition coefficient (Wildman–Crippen LogP) is 4.63. The van der Waals surface area contributed by atoms with Crippen molar-refractivity contribution in [2.24, 2.45) is 0 Å². The molecule has 0 aliphatic rings. The molecule has 0 fully saturated rings. The number of hydrogen-bond acceptors (Lipinski definition) is 1. The van der Waals surface area contributed by atoms with Crippen LogP contribution in [0.5, 0.6) is 0 Å². The van der Waals surface area contributed by atoms with E-state index in [9.17, 15) is 4.79 Å². The van der Waals surface area contributed by atoms with Crippen LogP contribution < -0.4 is 5.32 Å². The summed E-state index contributed by atoms with van der Waals surface area (Å²) in [5.74, 6) is -0.171. The third-order valence-corrected chi connectivity index (χ3v) is 4.20. The molecule has 3 rings (SSSR count). The minimum absolute atomic E-state index is 0.171. The summed E-state index contributed by atoms with van der Waals surface area (Å²) in [6.07, 6.45) is 2.65. The van der Waals surface area contributed by atoms with Gasteiger partial charge in [-0.2, -0.15) is 0 Å². The molecule has 117 valence electrons. The fourth-order valence-electron chi connectivity index (χ4n) is 2.52. The zero-order valence-corrected chi connectivity index (χ0v) is 13.8. The first-order valence-corrected chi connectivity index (χ1v) is 7.95. The number of hydrogen-bond donors (Lipinski definition) is 2. The number of H-pyrrole nitrogens is 1. The quantitative estimate of drug-likeness (QED) is 0.711. The van der Waals surface area contributed by atoms with Gasteiger partial charge >= 0.3 is 0 Å². The van der Waals surface area contributed by atoms with Crippen molar-refractivity contribution in [1.82, 2.24) is 10.3 Å². The van der Waals surface area contributed by atoms with Crippen molar-refractivity contribution in [2.75, 3.05) is 6.54 Å². The predicted molar refractivity (Wildman–Crippen MR) is 95.3 cm³/mol. The fourth-order valence-corrected chi connectivity index (χ4v) is 2.87. The minimum Gasteiger partial charge on any atom is -0.361 e. The highest BCUT2D eigenvalue weighted by Gasteiger charge is 2.10. The smallest absolute Gasteiger partial charge is 0.251 e. The van der Waals surface area contributed by atoms with E-state index in [1.807, 2.05) is 24.4 Å². The van der Waals surface area contributed by atoms with E-state index < -0.39 is 0 Å². The molecule has 5 heteroatoms. The van der Waals surface area contributed by atoms with Crippen LogP contribution in [0.2, 0.25) is 10.0 Å². The van der Waals surface area contributed by atoms with E-state index in [1.54, 1.807) is 18.2 Å². The normalized spacial score (nSPS) is 10.9. The van der Waals surface area contributed by atoms with Gasteiger partial charge in [0, 0.05) is 39.3 Å². The Balaban J connectivity index is 1.67. The molecule has 1 aromatic heterocycles. The number of fused-ring (bicyclic) bond motifs is 1. The number of carbonyl (C=O) groups is 1. The van der Waals surface area contributed by atoms with Gasteiger partial charge in [0.15, 0.2) is 0 Å². The van der Waals surface area contributed by atoms with Crippen LogP contribution in [0.25, 0.3) is 10.9 Å². The highest BCUT2D eigenvalue weighted by atomic mass is 35.5. The average Bonchev–Trinajstić information content (AvgIpc) is 2.92. The SMILES string of the molecule is [CH2]c1ccc(Cl)cc1C(=O)NCCc1c[nH]c2ccc(Cl)cc12. The highest BCUT2D eigenvalue weighted by molar-refractivity contribution is 6.31. The van der Waals surface area contributed by atoms with E-state index in [4.69, 9.17) is 23.2 Å². The molecule has 1 amide bonds. The van der Waals surface area contributed by atoms with Gasteiger partial charge in [0.1, 0.15) is 0 Å². The Morgan fingerprint density at radius 2 is 1.87 bits per heavy atom. The van der Waals surface area contributed by atoms with Gasteiger partial charge in [0.2, 0.25) is 0 Å². The maximum Gasteiger partial charge on any atom is 0.251 e. The molecule has 2 N–H and O–H groups in total. The summed E-state index contributed by atoms with van der Waals surface area (Å²) in [5, 5.41) is 5.20. The lowest BCUT2D eigenvalue weighted by Gasteiger charge is -2.08. The Labute approximate surface area is 144 Å². The van der Waals surface area contributed by atoms with E-state index in [1.165, 1.54) is 0 Å². The summed E-state index contributed by atoms with van der Waals surface area (Å²) in [6.45, 7) is 4.37. The Morgan fingerprint density at radius 3 is 2.70 bits per heavy atom. The maximum absolute atomic E-state index is 12.2. The number of benzene rings is 2. The van der Waals surface area contributed by atoms with E-state index in [2.05, 4.69) is 17.2 Å². The standard InChI is InChI=1S/C18H15Cl2N2O/c1-11-2-3-13(19)8-15(11)18(23)21-7-6-12-10-22-17-5-4-14(20)9-16(12)17/h2-5,8-10,22H,1,6-7H2,(H,21,23). The molecule has 0 atom stereocenters. The van der Waals surface area contributed by atoms with Crippen molar-refractivity contribution < 1.29 is 4.79 Å². The van der Waals surface area contributed by atoms with Gasteiger partial charge in [-0.05, 0) is 54.8 Å². The van der Waals surface area contributed by atoms with Gasteiger partial charge in [-0.15, -0.1) is 0 Å². The van der Waals surface area contributed by atoms with Crippen LogP contribution in [0.4, 0.5) is 0 Å². The molecule has 1 heterocycles. The first-order chi connectivity index (χ1) is 11.0. The van der Waals surface area contributed by atoms with Crippen molar-refractivity contribution in [3.8, 4) is 0 Å². The lowest BCUT2D eigenvalue weighted by atomic mass is 10.1. The van der Waals surface area contributed by atoms with E-state index in [-0.39, 0.29) is 5.91 Å². The lowest BCUT2D eigenvalue weighted by molar-refractivity contribution is 0.0954. The Hall–Kier alpha value is -1.97. The fraction of sp³-hybridized carbons (Fsp3) is 0.111. The molecule has 0 aliphatic carbocycles. The second-order valence-corrected chi connectivity index (χ2v) is 6.18. The Bertz CT molecular complexity index is 871. The molecule has 0 aliphatic heterocycles. The van der Waals surface area contributed by atoms with E-state index in [0.29, 0.717) is 34.1 Å². The molecule has 1 radical (unpaired) electrons. The number of amides is 1. The van der Waals surface area contributed by atoms with Crippen LogP contribution in [-0.4, -0.2) is 17.4 Å². The Morgan fingerprint density at radius 1 is 1.13 bits per heavy atom. The van der Waals surface area contributed by atoms with Crippen LogP contribution in [-0.2, 0) is 6.42 Å². The van der Waals surface area contributed by atoms with Crippen LogP contribution in [0.15, 0.2) is 42.6 Å². The number of rotatable bonds is 4. The largest absolute Gasteiger partial charge is 0.361 e. The molecule has 3 aromatic rings. The molecule has 0 bridgehead atoms. The number of aromatic amines is 1. The zero-order chi connectivity index (χ0) is 16.4. The van der Waals surface area contributed by atoms with Gasteiger partial charge in [-0.3, -0.25) is 4.79 Å². The van der Waals surface area contributed by atoms with Gasteiger partial charge in [-0.25, -0.2) is 0 Å². The molecular formula is C18H15Cl2N2O. The van der Waals surface area contributed by atoms with Gasteiger partial charge in [0.25, 0.3) is 5.91 Å². The van der Waals surface area contributed by atoms with Gasteiger partial charge < -0.3 is 10.3 Å². The highest BCUT2D eigenvalue weighted by Crippen LogP contribution is 2.22. The molecule has 2 aromatic carbocycles. The number of halogens is 2. The monoisotopic (exact) mass is 345 g/mol. The number of nitrogens with one attached hydrogen (secondary N) is 2. The van der Waals surface area contributed by atoms with Crippen molar-refractivity contribution in [2.45, 2.75) is 6.42 Å². The zero-order valence-electron chi connectivity index (χ0n) is 12.3. The van der Waals surface area contributed by atoms with Gasteiger partial charge in [-0.1, -0.05) is 29.3 Å². The summed E-state index contributed by atoms with van der Waals surface area (Å²) in [4.78, 5) is 15.4. The molecule has 23 heavy (non-hydrogen) atoms. The van der Waals surface area contributed by atoms with Crippen molar-refractivity contribution >= 4 is 40.0 Å². The summed E-state index contributed by atoms with van der Waals surface area (Å²) >= 11 is 12.0. The maximum atomic E-state index is 12.2. The molecule has 3 nitrogen and oxygen atoms in total. The second kappa shape index (κ2) is 6.65. The summed E-state index contributed by atoms with van der Waals surface area (Å²) in [6, 6.07) is 10.8. The van der Waals surface area contributed by atoms with Crippen LogP contribution in [0, 0.1) is 6.92 Å². The molecule has 0 unspecified atom stereocenters. The average molecular weight is 346 g/mol. The van der Waals surface area contributed by atoms with Crippen molar-refractivity contribution in [1.29, 1.82) is 0 Å². The van der Waals surface area contributed by atoms with E-state index >= 15 is 0 Å². The topological polar surface area (TPSA) is 44.9 Å². The van der Waals surface area contributed by atoms with Crippen molar-refractivity contribution in [3.63, 3.8) is 0 Å². The van der Waals surface area contributed by atoms with Crippen molar-refractivity contribution in [3.05, 3.63) is 76.3 Å². The summed E-state index contributed by atoms with van der Waals surface area (Å²) in [5.41, 5.74) is 3.31. The Kier molecular flexibility index (Phi) is 4.60. The molecular weight excluding hydrogens is 331 g/mol. The lowest BCUT2D eigenvalue weighted by Crippen LogP contribution is -2.26. The number of aromatic nitrogens is 1. The second-order valence-electron chi connectivity index (χ2n) is 5.31. The van der Waals surface area contributed by atoms with Crippen LogP contribution in [0.1, 0.15) is 21.5 Å². The summed E-state index contributed by atoms with van der Waals surface area (Å²) in [7, 11) is 0. The van der Waals surface area contributed by atoms with Crippen LogP contribution >= 0.6 is 23.2 Å². The first kappa shape index (κ1) is 15.9. The number of carbonyl (C=O) groups excluding carboxylic acids is 1. The molecule has 0 saturated carbocycles. The third kappa shape index (κ3) is 3.52. The summed E-state index contributed by atoms with van der Waals surface area (Å²) < 4.78 is 0. The first-order valence-electron chi connectivity index (χ1n) is 7.20. The molecule has 0 saturated heterocycles. The van der Waals surface area contributed by atoms with Crippen LogP contribution in [0.3, 0.4) is 0 Å². The molecule has 0 spiro atoms. The third-order valence-electron chi connectivity index (χ3n) is 3.73. The minimum atomic E-state index is -0.171.